The molecule has 0 saturated heterocycles. The molecule has 2 aromatic rings. The van der Waals surface area contributed by atoms with Gasteiger partial charge in [0, 0.05) is 23.4 Å². The number of benzene rings is 1. The number of nitrogens with two attached hydrogens (primary N) is 1. The largest absolute Gasteiger partial charge is 0.326 e. The van der Waals surface area contributed by atoms with Gasteiger partial charge in [0.2, 0.25) is 10.0 Å². The first-order valence-electron chi connectivity index (χ1n) is 5.77. The molecular formula is C12H14BrN3O2S2. The summed E-state index contributed by atoms with van der Waals surface area (Å²) in [6.07, 6.45) is 0. The Morgan fingerprint density at radius 1 is 1.45 bits per heavy atom. The summed E-state index contributed by atoms with van der Waals surface area (Å²) >= 11 is 4.74. The van der Waals surface area contributed by atoms with E-state index in [-0.39, 0.29) is 11.4 Å². The molecule has 0 radical (unpaired) electrons. The molecule has 1 heterocycles. The number of thiazole rings is 1. The number of hydrogen-bond acceptors (Lipinski definition) is 5. The van der Waals surface area contributed by atoms with Gasteiger partial charge in [0.1, 0.15) is 0 Å². The smallest absolute Gasteiger partial charge is 0.244 e. The summed E-state index contributed by atoms with van der Waals surface area (Å²) in [5, 5.41) is 1.83. The molecule has 2 N–H and O–H groups in total. The van der Waals surface area contributed by atoms with E-state index in [1.165, 1.54) is 22.7 Å². The number of nitrogens with zero attached hydrogens (tertiary/aromatic N) is 2. The van der Waals surface area contributed by atoms with Gasteiger partial charge in [-0.25, -0.2) is 13.4 Å². The number of halogens is 1. The highest BCUT2D eigenvalue weighted by Crippen LogP contribution is 2.26. The van der Waals surface area contributed by atoms with Crippen molar-refractivity contribution in [2.75, 3.05) is 7.05 Å². The Morgan fingerprint density at radius 3 is 2.75 bits per heavy atom. The van der Waals surface area contributed by atoms with Crippen molar-refractivity contribution < 1.29 is 8.42 Å². The van der Waals surface area contributed by atoms with E-state index in [9.17, 15) is 8.42 Å². The van der Waals surface area contributed by atoms with E-state index < -0.39 is 10.0 Å². The van der Waals surface area contributed by atoms with Crippen LogP contribution < -0.4 is 5.73 Å². The normalized spacial score (nSPS) is 12.0. The van der Waals surface area contributed by atoms with Gasteiger partial charge in [0.25, 0.3) is 0 Å². The second kappa shape index (κ2) is 6.31. The third kappa shape index (κ3) is 3.26. The van der Waals surface area contributed by atoms with Gasteiger partial charge >= 0.3 is 0 Å². The van der Waals surface area contributed by atoms with Crippen LogP contribution in [-0.2, 0) is 23.1 Å². The molecule has 0 saturated carbocycles. The van der Waals surface area contributed by atoms with Crippen LogP contribution in [0.4, 0.5) is 0 Å². The van der Waals surface area contributed by atoms with Crippen LogP contribution in [0.5, 0.6) is 0 Å². The second-order valence-corrected chi connectivity index (χ2v) is 7.80. The predicted molar refractivity (Wildman–Crippen MR) is 82.8 cm³/mol. The first-order valence-corrected chi connectivity index (χ1v) is 8.94. The lowest BCUT2D eigenvalue weighted by Crippen LogP contribution is -2.27. The first kappa shape index (κ1) is 15.6. The summed E-state index contributed by atoms with van der Waals surface area (Å²) in [6.45, 7) is 0.616. The number of sulfonamides is 1. The maximum Gasteiger partial charge on any atom is 0.244 e. The highest BCUT2D eigenvalue weighted by atomic mass is 79.9. The van der Waals surface area contributed by atoms with Crippen LogP contribution in [0.25, 0.3) is 0 Å². The van der Waals surface area contributed by atoms with E-state index in [4.69, 9.17) is 5.73 Å². The molecule has 8 heteroatoms. The van der Waals surface area contributed by atoms with E-state index in [1.807, 2.05) is 5.38 Å². The molecule has 1 aromatic heterocycles. The number of rotatable bonds is 5. The lowest BCUT2D eigenvalue weighted by Gasteiger charge is -2.17. The molecule has 0 aliphatic carbocycles. The fraction of sp³-hybridized carbons (Fsp3) is 0.250. The molecule has 0 atom stereocenters. The molecular weight excluding hydrogens is 362 g/mol. The van der Waals surface area contributed by atoms with Gasteiger partial charge in [0.05, 0.1) is 22.6 Å². The molecule has 0 fully saturated rings. The summed E-state index contributed by atoms with van der Waals surface area (Å²) in [7, 11) is -2.02. The summed E-state index contributed by atoms with van der Waals surface area (Å²) in [5.74, 6) is 0. The molecule has 0 unspecified atom stereocenters. The van der Waals surface area contributed by atoms with Crippen LogP contribution in [0, 0.1) is 0 Å². The molecule has 0 aliphatic heterocycles. The van der Waals surface area contributed by atoms with Crippen LogP contribution >= 0.6 is 27.3 Å². The zero-order valence-corrected chi connectivity index (χ0v) is 14.0. The third-order valence-corrected chi connectivity index (χ3v) is 6.20. The average Bonchev–Trinajstić information content (AvgIpc) is 2.91. The number of hydrogen-bond donors (Lipinski definition) is 1. The van der Waals surface area contributed by atoms with Crippen LogP contribution in [0.15, 0.2) is 38.5 Å². The van der Waals surface area contributed by atoms with Crippen LogP contribution in [0.1, 0.15) is 11.3 Å². The van der Waals surface area contributed by atoms with Gasteiger partial charge in [-0.2, -0.15) is 4.31 Å². The Balaban J connectivity index is 2.30. The molecule has 1 aromatic carbocycles. The number of aromatic nitrogens is 1. The predicted octanol–water partition coefficient (Wildman–Crippen LogP) is 2.19. The van der Waals surface area contributed by atoms with E-state index in [0.29, 0.717) is 11.0 Å². The highest BCUT2D eigenvalue weighted by Gasteiger charge is 2.24. The van der Waals surface area contributed by atoms with Crippen molar-refractivity contribution in [1.29, 1.82) is 0 Å². The second-order valence-electron chi connectivity index (χ2n) is 4.21. The van der Waals surface area contributed by atoms with E-state index in [2.05, 4.69) is 20.9 Å². The SMILES string of the molecule is CN(Cc1cscn1)S(=O)(=O)c1ccc(CN)cc1Br. The maximum atomic E-state index is 12.5. The fourth-order valence-electron chi connectivity index (χ4n) is 1.68. The van der Waals surface area contributed by atoms with Crippen LogP contribution in [0.3, 0.4) is 0 Å². The lowest BCUT2D eigenvalue weighted by molar-refractivity contribution is 0.462. The summed E-state index contributed by atoms with van der Waals surface area (Å²) in [5.41, 5.74) is 8.83. The van der Waals surface area contributed by atoms with Crippen molar-refractivity contribution in [3.8, 4) is 0 Å². The molecule has 2 rings (SSSR count). The summed E-state index contributed by atoms with van der Waals surface area (Å²) in [6, 6.07) is 5.01. The van der Waals surface area contributed by atoms with Crippen molar-refractivity contribution in [1.82, 2.24) is 9.29 Å². The van der Waals surface area contributed by atoms with Gasteiger partial charge in [0.15, 0.2) is 0 Å². The Morgan fingerprint density at radius 2 is 2.20 bits per heavy atom. The molecule has 108 valence electrons. The van der Waals surface area contributed by atoms with Crippen molar-refractivity contribution in [2.24, 2.45) is 5.73 Å². The Hall–Kier alpha value is -0.800. The van der Waals surface area contributed by atoms with Gasteiger partial charge in [-0.05, 0) is 33.6 Å². The Labute approximate surface area is 130 Å². The minimum Gasteiger partial charge on any atom is -0.326 e. The quantitative estimate of drug-likeness (QED) is 0.868. The zero-order chi connectivity index (χ0) is 14.8. The monoisotopic (exact) mass is 375 g/mol. The van der Waals surface area contributed by atoms with Gasteiger partial charge in [-0.3, -0.25) is 0 Å². The highest BCUT2D eigenvalue weighted by molar-refractivity contribution is 9.10. The lowest BCUT2D eigenvalue weighted by atomic mass is 10.2. The summed E-state index contributed by atoms with van der Waals surface area (Å²) in [4.78, 5) is 4.33. The third-order valence-electron chi connectivity index (χ3n) is 2.79. The molecule has 0 spiro atoms. The Kier molecular flexibility index (Phi) is 4.92. The molecule has 0 bridgehead atoms. The van der Waals surface area contributed by atoms with Crippen molar-refractivity contribution in [3.05, 3.63) is 44.8 Å². The molecule has 20 heavy (non-hydrogen) atoms. The Bertz CT molecular complexity index is 687. The molecule has 0 aliphatic rings. The minimum atomic E-state index is -3.56. The van der Waals surface area contributed by atoms with E-state index >= 15 is 0 Å². The standard InChI is InChI=1S/C12H14BrN3O2S2/c1-16(6-10-7-19-8-15-10)20(17,18)12-3-2-9(5-14)4-11(12)13/h2-4,7-8H,5-6,14H2,1H3. The molecule has 5 nitrogen and oxygen atoms in total. The van der Waals surface area contributed by atoms with Crippen LogP contribution in [-0.4, -0.2) is 24.8 Å². The van der Waals surface area contributed by atoms with Gasteiger partial charge in [-0.1, -0.05) is 6.07 Å². The van der Waals surface area contributed by atoms with Gasteiger partial charge < -0.3 is 5.73 Å². The first-order chi connectivity index (χ1) is 9.45. The van der Waals surface area contributed by atoms with E-state index in [1.54, 1.807) is 23.7 Å². The zero-order valence-electron chi connectivity index (χ0n) is 10.8. The fourth-order valence-corrected chi connectivity index (χ4v) is 4.45. The average molecular weight is 376 g/mol. The van der Waals surface area contributed by atoms with E-state index in [0.717, 1.165) is 11.3 Å². The van der Waals surface area contributed by atoms with Crippen molar-refractivity contribution in [2.45, 2.75) is 18.0 Å². The van der Waals surface area contributed by atoms with Gasteiger partial charge in [-0.15, -0.1) is 11.3 Å². The van der Waals surface area contributed by atoms with Crippen LogP contribution in [0.2, 0.25) is 0 Å². The topological polar surface area (TPSA) is 76.3 Å². The maximum absolute atomic E-state index is 12.5. The molecule has 0 amide bonds. The van der Waals surface area contributed by atoms with Crippen molar-refractivity contribution >= 4 is 37.3 Å². The van der Waals surface area contributed by atoms with Crippen molar-refractivity contribution in [3.63, 3.8) is 0 Å². The summed E-state index contributed by atoms with van der Waals surface area (Å²) < 4.78 is 26.8. The minimum absolute atomic E-state index is 0.229.